The minimum atomic E-state index is -0.524. The van der Waals surface area contributed by atoms with E-state index in [1.807, 2.05) is 0 Å². The highest BCUT2D eigenvalue weighted by atomic mass is 16.5. The van der Waals surface area contributed by atoms with Crippen LogP contribution in [0.2, 0.25) is 0 Å². The molecule has 4 amide bonds. The van der Waals surface area contributed by atoms with Gasteiger partial charge in [0, 0.05) is 73.3 Å². The molecule has 3 aliphatic rings. The summed E-state index contributed by atoms with van der Waals surface area (Å²) in [6.07, 6.45) is 11.0. The molecule has 0 saturated carbocycles. The first-order valence-corrected chi connectivity index (χ1v) is 25.4. The Morgan fingerprint density at radius 1 is 0.658 bits per heavy atom. The number of fused-ring (bicyclic) bond motifs is 2. The third-order valence-electron chi connectivity index (χ3n) is 13.5. The fourth-order valence-electron chi connectivity index (χ4n) is 10.0. The molecule has 17 nitrogen and oxygen atoms in total. The van der Waals surface area contributed by atoms with Crippen LogP contribution in [0.15, 0.2) is 114 Å². The number of para-hydroxylation sites is 2. The zero-order valence-electron chi connectivity index (χ0n) is 43.3. The Labute approximate surface area is 429 Å². The maximum Gasteiger partial charge on any atom is 0.239 e. The lowest BCUT2D eigenvalue weighted by Crippen LogP contribution is -2.46. The summed E-state index contributed by atoms with van der Waals surface area (Å²) >= 11 is 0. The Balaban J connectivity index is 1.55. The molecule has 2 heterocycles. The number of nitrogens with one attached hydrogen (secondary N) is 4. The number of allylic oxidation sites excluding steroid dienone is 7. The number of amides is 4. The molecule has 0 atom stereocenters. The molecule has 0 radical (unpaired) electrons. The Morgan fingerprint density at radius 2 is 1.19 bits per heavy atom. The summed E-state index contributed by atoms with van der Waals surface area (Å²) in [5.74, 6) is -1.10. The first-order chi connectivity index (χ1) is 35.1. The smallest absolute Gasteiger partial charge is 0.239 e. The van der Waals surface area contributed by atoms with E-state index in [-0.39, 0.29) is 87.9 Å². The van der Waals surface area contributed by atoms with Gasteiger partial charge in [-0.15, -0.1) is 0 Å². The number of nitrogens with zero attached hydrogens (tertiary/aromatic N) is 4. The molecule has 8 N–H and O–H groups in total. The van der Waals surface area contributed by atoms with Crippen molar-refractivity contribution in [1.29, 1.82) is 0 Å². The fraction of sp³-hybridized carbons (Fsp3) is 0.446. The molecule has 17 heteroatoms. The third kappa shape index (κ3) is 13.3. The van der Waals surface area contributed by atoms with E-state index < -0.39 is 36.7 Å². The second kappa shape index (κ2) is 25.7. The molecule has 6 rings (SSSR count). The minimum absolute atomic E-state index is 0.0370. The average molecular weight is 1000 g/mol. The Bertz CT molecular complexity index is 2590. The van der Waals surface area contributed by atoms with Gasteiger partial charge in [0.15, 0.2) is 5.71 Å². The van der Waals surface area contributed by atoms with Crippen molar-refractivity contribution in [2.24, 2.45) is 0 Å². The highest BCUT2D eigenvalue weighted by Crippen LogP contribution is 2.48. The van der Waals surface area contributed by atoms with Crippen LogP contribution in [0.25, 0.3) is 0 Å². The first kappa shape index (κ1) is 55.5. The molecular formula is C56H75N8O9+. The highest BCUT2D eigenvalue weighted by Gasteiger charge is 2.44. The number of aliphatic hydroxyl groups excluding tert-OH is 4. The maximum atomic E-state index is 13.5. The van der Waals surface area contributed by atoms with Crippen LogP contribution in [0.1, 0.15) is 71.9 Å². The van der Waals surface area contributed by atoms with Gasteiger partial charge in [0.1, 0.15) is 18.1 Å². The molecule has 0 aromatic heterocycles. The van der Waals surface area contributed by atoms with E-state index in [1.165, 1.54) is 32.3 Å². The summed E-state index contributed by atoms with van der Waals surface area (Å²) in [5, 5.41) is 48.7. The number of ether oxygens (including phenoxy) is 1. The van der Waals surface area contributed by atoms with Crippen LogP contribution in [0.5, 0.6) is 5.75 Å². The molecule has 0 fully saturated rings. The number of likely N-dealkylation sites (N-methyl/N-ethyl adjacent to an activating group) is 1. The van der Waals surface area contributed by atoms with Crippen molar-refractivity contribution in [1.82, 2.24) is 21.3 Å². The highest BCUT2D eigenvalue weighted by molar-refractivity contribution is 6.03. The minimum Gasteiger partial charge on any atom is -0.457 e. The number of rotatable bonds is 25. The lowest BCUT2D eigenvalue weighted by atomic mass is 9.81. The summed E-state index contributed by atoms with van der Waals surface area (Å²) in [5.41, 5.74) is 9.04. The molecular weight excluding hydrogens is 929 g/mol. The van der Waals surface area contributed by atoms with Crippen molar-refractivity contribution in [2.75, 3.05) is 107 Å². The van der Waals surface area contributed by atoms with Gasteiger partial charge in [-0.05, 0) is 94.0 Å². The van der Waals surface area contributed by atoms with Crippen LogP contribution < -0.4 is 40.7 Å². The number of aliphatic hydroxyl groups is 4. The molecule has 0 bridgehead atoms. The predicted molar refractivity (Wildman–Crippen MR) is 285 cm³/mol. The molecule has 3 aromatic rings. The number of anilines is 3. The second-order valence-electron chi connectivity index (χ2n) is 19.2. The standard InChI is InChI=1S/C56H74N8O9/c1-7-63-44-18-11-9-16-42(44)55(3,4)48(63)24-20-39-14-13-15-40(21-25-49-56(5,6)43-17-10-12-19-45(43)64(49)8-2)54(39)73-41-22-23-46(61(35-50(69)57-26-30-65)36-51(70)58-27-31-66)47(34-41)62(37-52(71)59-28-32-67)38-53(72)60-29-33-68/h9-12,16-25,34,65-68H,7-8,13-15,26-33,35-38H2,1-6H3,(H3-,57,58,59,60,69,70,71,72)/p+1. The summed E-state index contributed by atoms with van der Waals surface area (Å²) in [6.45, 7) is 11.9. The summed E-state index contributed by atoms with van der Waals surface area (Å²) in [4.78, 5) is 59.1. The molecule has 392 valence electrons. The molecule has 3 aromatic carbocycles. The van der Waals surface area contributed by atoms with E-state index in [0.717, 1.165) is 42.1 Å². The van der Waals surface area contributed by atoms with Gasteiger partial charge in [0.2, 0.25) is 29.3 Å². The van der Waals surface area contributed by atoms with Gasteiger partial charge in [-0.2, -0.15) is 4.58 Å². The van der Waals surface area contributed by atoms with Crippen LogP contribution in [0.4, 0.5) is 22.7 Å². The molecule has 0 unspecified atom stereocenters. The molecule has 0 saturated heterocycles. The van der Waals surface area contributed by atoms with Crippen molar-refractivity contribution < 1.29 is 48.9 Å². The second-order valence-corrected chi connectivity index (χ2v) is 19.2. The maximum absolute atomic E-state index is 13.5. The average Bonchev–Trinajstić information content (AvgIpc) is 3.74. The fourth-order valence-corrected chi connectivity index (χ4v) is 10.0. The number of hydrogen-bond donors (Lipinski definition) is 8. The van der Waals surface area contributed by atoms with E-state index in [9.17, 15) is 39.6 Å². The largest absolute Gasteiger partial charge is 0.457 e. The van der Waals surface area contributed by atoms with Crippen molar-refractivity contribution in [3.63, 3.8) is 0 Å². The monoisotopic (exact) mass is 1000 g/mol. The molecule has 2 aliphatic heterocycles. The first-order valence-electron chi connectivity index (χ1n) is 25.4. The Kier molecular flexibility index (Phi) is 19.6. The van der Waals surface area contributed by atoms with E-state index in [1.54, 1.807) is 18.2 Å². The van der Waals surface area contributed by atoms with Crippen LogP contribution in [0, 0.1) is 0 Å². The molecule has 1 aliphatic carbocycles. The van der Waals surface area contributed by atoms with Gasteiger partial charge in [0.25, 0.3) is 0 Å². The quantitative estimate of drug-likeness (QED) is 0.0569. The molecule has 73 heavy (non-hydrogen) atoms. The number of benzene rings is 3. The predicted octanol–water partition coefficient (Wildman–Crippen LogP) is 3.83. The summed E-state index contributed by atoms with van der Waals surface area (Å²) in [6, 6.07) is 22.0. The van der Waals surface area contributed by atoms with Crippen molar-refractivity contribution in [3.05, 3.63) is 125 Å². The van der Waals surface area contributed by atoms with Crippen molar-refractivity contribution >= 4 is 52.1 Å². The summed E-state index contributed by atoms with van der Waals surface area (Å²) < 4.78 is 9.50. The van der Waals surface area contributed by atoms with E-state index in [4.69, 9.17) is 4.74 Å². The van der Waals surface area contributed by atoms with Crippen molar-refractivity contribution in [2.45, 2.75) is 71.6 Å². The van der Waals surface area contributed by atoms with E-state index >= 15 is 0 Å². The van der Waals surface area contributed by atoms with Crippen LogP contribution in [0.3, 0.4) is 0 Å². The number of carbonyl (C=O) groups excluding carboxylic acids is 4. The number of carbonyl (C=O) groups is 4. The molecule has 0 spiro atoms. The number of hydrogen-bond acceptors (Lipinski definition) is 12. The van der Waals surface area contributed by atoms with Gasteiger partial charge < -0.3 is 61.1 Å². The van der Waals surface area contributed by atoms with Crippen LogP contribution in [-0.4, -0.2) is 146 Å². The topological polar surface area (TPSA) is 219 Å². The van der Waals surface area contributed by atoms with Gasteiger partial charge in [-0.25, -0.2) is 0 Å². The Morgan fingerprint density at radius 3 is 1.74 bits per heavy atom. The zero-order chi connectivity index (χ0) is 52.7. The van der Waals surface area contributed by atoms with E-state index in [2.05, 4.69) is 145 Å². The van der Waals surface area contributed by atoms with Gasteiger partial charge in [-0.1, -0.05) is 56.3 Å². The van der Waals surface area contributed by atoms with Crippen molar-refractivity contribution in [3.8, 4) is 5.75 Å². The van der Waals surface area contributed by atoms with Crippen LogP contribution >= 0.6 is 0 Å². The van der Waals surface area contributed by atoms with Crippen LogP contribution in [-0.2, 0) is 30.0 Å². The lowest BCUT2D eigenvalue weighted by Gasteiger charge is -2.32. The summed E-state index contributed by atoms with van der Waals surface area (Å²) in [7, 11) is 0. The third-order valence-corrected chi connectivity index (χ3v) is 13.5. The SMILES string of the molecule is CCN1C(=CC=C2CCCC(C=CC3=[N+](CC)c4ccccc4C3(C)C)=C2Oc2ccc(N(CC(=O)NCCO)CC(=O)NCCO)c(N(CC(=O)NCCO)CC(=O)NCCO)c2)C(C)(C)c2ccccc21. The Hall–Kier alpha value is -6.79. The normalized spacial score (nSPS) is 16.7. The lowest BCUT2D eigenvalue weighted by molar-refractivity contribution is -0.433. The zero-order valence-corrected chi connectivity index (χ0v) is 43.3. The van der Waals surface area contributed by atoms with E-state index in [0.29, 0.717) is 24.4 Å². The van der Waals surface area contributed by atoms with Gasteiger partial charge >= 0.3 is 0 Å². The van der Waals surface area contributed by atoms with Gasteiger partial charge in [0.05, 0.1) is 69.4 Å². The van der Waals surface area contributed by atoms with Gasteiger partial charge in [-0.3, -0.25) is 19.2 Å².